The van der Waals surface area contributed by atoms with Gasteiger partial charge in [0.05, 0.1) is 31.6 Å². The number of fused-ring (bicyclic) bond motifs is 1. The number of ether oxygens (including phenoxy) is 2. The van der Waals surface area contributed by atoms with Gasteiger partial charge >= 0.3 is 0 Å². The molecule has 4 rings (SSSR count). The van der Waals surface area contributed by atoms with Gasteiger partial charge in [-0.3, -0.25) is 19.1 Å². The van der Waals surface area contributed by atoms with E-state index in [1.807, 2.05) is 30.3 Å². The summed E-state index contributed by atoms with van der Waals surface area (Å²) >= 11 is 0. The van der Waals surface area contributed by atoms with Crippen molar-refractivity contribution in [3.63, 3.8) is 0 Å². The summed E-state index contributed by atoms with van der Waals surface area (Å²) in [7, 11) is 1.58. The maximum Gasteiger partial charge on any atom is 0.262 e. The first-order valence-corrected chi connectivity index (χ1v) is 10.0. The van der Waals surface area contributed by atoms with Crippen molar-refractivity contribution in [2.24, 2.45) is 0 Å². The van der Waals surface area contributed by atoms with Gasteiger partial charge in [0.1, 0.15) is 5.75 Å². The molecule has 1 aromatic heterocycles. The molecule has 0 aliphatic carbocycles. The number of hydrogen-bond donors (Lipinski definition) is 1. The quantitative estimate of drug-likeness (QED) is 0.677. The smallest absolute Gasteiger partial charge is 0.262 e. The minimum Gasteiger partial charge on any atom is -0.497 e. The normalized spacial score (nSPS) is 14.6. The molecular formula is C23H25N3O4. The first-order valence-electron chi connectivity index (χ1n) is 10.0. The molecule has 0 atom stereocenters. The van der Waals surface area contributed by atoms with Crippen molar-refractivity contribution in [1.29, 1.82) is 0 Å². The summed E-state index contributed by atoms with van der Waals surface area (Å²) in [6, 6.07) is 14.4. The van der Waals surface area contributed by atoms with E-state index < -0.39 is 0 Å². The average Bonchev–Trinajstić information content (AvgIpc) is 2.80. The lowest BCUT2D eigenvalue weighted by Crippen LogP contribution is -2.41. The molecule has 0 spiro atoms. The van der Waals surface area contributed by atoms with E-state index in [0.29, 0.717) is 34.3 Å². The standard InChI is InChI=1S/C23H25N3O4/c1-29-18-6-4-5-17(15-18)26-16-21(19-7-2-3-8-20(19)23(26)28)22(27)24-9-10-25-11-13-30-14-12-25/h2-8,15-16H,9-14H2,1H3,(H,24,27). The van der Waals surface area contributed by atoms with Crippen LogP contribution in [0, 0.1) is 0 Å². The van der Waals surface area contributed by atoms with Crippen molar-refractivity contribution in [3.05, 3.63) is 70.6 Å². The summed E-state index contributed by atoms with van der Waals surface area (Å²) in [5.41, 5.74) is 0.936. The number of morpholine rings is 1. The van der Waals surface area contributed by atoms with E-state index in [1.165, 1.54) is 4.57 Å². The summed E-state index contributed by atoms with van der Waals surface area (Å²) in [6.07, 6.45) is 1.61. The van der Waals surface area contributed by atoms with Crippen LogP contribution in [0.3, 0.4) is 0 Å². The van der Waals surface area contributed by atoms with Crippen molar-refractivity contribution in [3.8, 4) is 11.4 Å². The Bertz CT molecular complexity index is 1100. The van der Waals surface area contributed by atoms with Gasteiger partial charge in [-0.05, 0) is 18.2 Å². The van der Waals surface area contributed by atoms with E-state index in [9.17, 15) is 9.59 Å². The van der Waals surface area contributed by atoms with E-state index >= 15 is 0 Å². The van der Waals surface area contributed by atoms with Gasteiger partial charge in [0.15, 0.2) is 0 Å². The van der Waals surface area contributed by atoms with Crippen LogP contribution in [0.15, 0.2) is 59.5 Å². The molecule has 0 radical (unpaired) electrons. The van der Waals surface area contributed by atoms with E-state index in [2.05, 4.69) is 10.2 Å². The highest BCUT2D eigenvalue weighted by molar-refractivity contribution is 6.06. The first kappa shape index (κ1) is 20.1. The van der Waals surface area contributed by atoms with Crippen molar-refractivity contribution in [2.45, 2.75) is 0 Å². The Kier molecular flexibility index (Phi) is 6.11. The molecule has 7 nitrogen and oxygen atoms in total. The average molecular weight is 407 g/mol. The second-order valence-corrected chi connectivity index (χ2v) is 7.17. The van der Waals surface area contributed by atoms with E-state index in [-0.39, 0.29) is 11.5 Å². The van der Waals surface area contributed by atoms with Crippen molar-refractivity contribution in [1.82, 2.24) is 14.8 Å². The van der Waals surface area contributed by atoms with Gasteiger partial charge in [0, 0.05) is 49.2 Å². The molecule has 7 heteroatoms. The van der Waals surface area contributed by atoms with Crippen LogP contribution in [-0.2, 0) is 4.74 Å². The number of carbonyl (C=O) groups is 1. The largest absolute Gasteiger partial charge is 0.497 e. The third-order valence-electron chi connectivity index (χ3n) is 5.32. The van der Waals surface area contributed by atoms with Gasteiger partial charge in [0.25, 0.3) is 11.5 Å². The Hall–Kier alpha value is -3.16. The minimum atomic E-state index is -0.198. The second kappa shape index (κ2) is 9.11. The molecule has 2 aromatic carbocycles. The second-order valence-electron chi connectivity index (χ2n) is 7.17. The van der Waals surface area contributed by atoms with Crippen LogP contribution in [0.4, 0.5) is 0 Å². The Labute approximate surface area is 174 Å². The molecule has 1 amide bonds. The number of amides is 1. The molecule has 30 heavy (non-hydrogen) atoms. The summed E-state index contributed by atoms with van der Waals surface area (Å²) in [5, 5.41) is 4.14. The molecule has 0 unspecified atom stereocenters. The topological polar surface area (TPSA) is 72.8 Å². The number of nitrogens with one attached hydrogen (secondary N) is 1. The van der Waals surface area contributed by atoms with Gasteiger partial charge in [-0.25, -0.2) is 0 Å². The monoisotopic (exact) mass is 407 g/mol. The summed E-state index contributed by atoms with van der Waals surface area (Å²) < 4.78 is 12.1. The van der Waals surface area contributed by atoms with Gasteiger partial charge < -0.3 is 14.8 Å². The zero-order chi connectivity index (χ0) is 20.9. The van der Waals surface area contributed by atoms with Gasteiger partial charge in [0.2, 0.25) is 0 Å². The van der Waals surface area contributed by atoms with E-state index in [0.717, 1.165) is 32.8 Å². The molecule has 0 bridgehead atoms. The van der Waals surface area contributed by atoms with Crippen LogP contribution >= 0.6 is 0 Å². The van der Waals surface area contributed by atoms with Crippen LogP contribution in [0.2, 0.25) is 0 Å². The minimum absolute atomic E-state index is 0.177. The summed E-state index contributed by atoms with van der Waals surface area (Å²) in [6.45, 7) is 4.50. The lowest BCUT2D eigenvalue weighted by Gasteiger charge is -2.26. The predicted molar refractivity (Wildman–Crippen MR) is 116 cm³/mol. The number of pyridine rings is 1. The fourth-order valence-electron chi connectivity index (χ4n) is 3.67. The maximum absolute atomic E-state index is 13.1. The number of methoxy groups -OCH3 is 1. The van der Waals surface area contributed by atoms with Crippen LogP contribution < -0.4 is 15.6 Å². The predicted octanol–water partition coefficient (Wildman–Crippen LogP) is 2.06. The van der Waals surface area contributed by atoms with E-state index in [1.54, 1.807) is 31.5 Å². The number of carbonyl (C=O) groups excluding carboxylic acids is 1. The molecule has 3 aromatic rings. The lowest BCUT2D eigenvalue weighted by molar-refractivity contribution is 0.0383. The number of rotatable bonds is 6. The van der Waals surface area contributed by atoms with Crippen molar-refractivity contribution in [2.75, 3.05) is 46.5 Å². The van der Waals surface area contributed by atoms with Gasteiger partial charge in [-0.1, -0.05) is 24.3 Å². The maximum atomic E-state index is 13.1. The Morgan fingerprint density at radius 1 is 1.10 bits per heavy atom. The van der Waals surface area contributed by atoms with Crippen LogP contribution in [0.5, 0.6) is 5.75 Å². The fourth-order valence-corrected chi connectivity index (χ4v) is 3.67. The van der Waals surface area contributed by atoms with E-state index in [4.69, 9.17) is 9.47 Å². The Morgan fingerprint density at radius 2 is 1.87 bits per heavy atom. The third kappa shape index (κ3) is 4.22. The molecule has 1 aliphatic heterocycles. The van der Waals surface area contributed by atoms with Crippen molar-refractivity contribution < 1.29 is 14.3 Å². The highest BCUT2D eigenvalue weighted by Crippen LogP contribution is 2.20. The lowest BCUT2D eigenvalue weighted by atomic mass is 10.1. The number of hydrogen-bond acceptors (Lipinski definition) is 5. The molecule has 156 valence electrons. The molecule has 0 saturated carbocycles. The van der Waals surface area contributed by atoms with Gasteiger partial charge in [-0.15, -0.1) is 0 Å². The summed E-state index contributed by atoms with van der Waals surface area (Å²) in [4.78, 5) is 28.4. The number of aromatic nitrogens is 1. The fraction of sp³-hybridized carbons (Fsp3) is 0.304. The highest BCUT2D eigenvalue weighted by Gasteiger charge is 2.16. The van der Waals surface area contributed by atoms with Crippen LogP contribution in [-0.4, -0.2) is 61.9 Å². The third-order valence-corrected chi connectivity index (χ3v) is 5.32. The highest BCUT2D eigenvalue weighted by atomic mass is 16.5. The molecule has 1 saturated heterocycles. The molecule has 1 fully saturated rings. The zero-order valence-electron chi connectivity index (χ0n) is 17.0. The van der Waals surface area contributed by atoms with Gasteiger partial charge in [-0.2, -0.15) is 0 Å². The molecule has 1 N–H and O–H groups in total. The van der Waals surface area contributed by atoms with Crippen LogP contribution in [0.1, 0.15) is 10.4 Å². The first-order chi connectivity index (χ1) is 14.7. The van der Waals surface area contributed by atoms with Crippen molar-refractivity contribution >= 4 is 16.7 Å². The SMILES string of the molecule is COc1cccc(-n2cc(C(=O)NCCN3CCOCC3)c3ccccc3c2=O)c1. The molecule has 2 heterocycles. The van der Waals surface area contributed by atoms with Crippen LogP contribution in [0.25, 0.3) is 16.5 Å². The zero-order valence-corrected chi connectivity index (χ0v) is 17.0. The Morgan fingerprint density at radius 3 is 2.63 bits per heavy atom. The number of benzene rings is 2. The molecule has 1 aliphatic rings. The summed E-state index contributed by atoms with van der Waals surface area (Å²) in [5.74, 6) is 0.445. The Balaban J connectivity index is 1.65. The molecular weight excluding hydrogens is 382 g/mol. The number of nitrogens with zero attached hydrogens (tertiary/aromatic N) is 2.